The SMILES string of the molecule is O=C(N[C@@H]1CCN(C2CCNCC2)C1=O)[C@@H]1CC[C@@H]2CN1C(=O)N2OS(=O)(=O)O. The molecule has 0 aromatic rings. The molecule has 0 aromatic heterocycles. The number of urea groups is 1. The van der Waals surface area contributed by atoms with Crippen molar-refractivity contribution in [3.63, 3.8) is 0 Å². The molecule has 0 aliphatic carbocycles. The van der Waals surface area contributed by atoms with Crippen LogP contribution in [0.5, 0.6) is 0 Å². The van der Waals surface area contributed by atoms with Gasteiger partial charge in [0.15, 0.2) is 0 Å². The molecule has 4 heterocycles. The Morgan fingerprint density at radius 1 is 1.07 bits per heavy atom. The Morgan fingerprint density at radius 2 is 1.79 bits per heavy atom. The highest BCUT2D eigenvalue weighted by Gasteiger charge is 2.50. The molecule has 4 aliphatic heterocycles. The predicted octanol–water partition coefficient (Wildman–Crippen LogP) is -1.54. The standard InChI is InChI=1S/C16H25N5O7S/c22-14(18-12-5-8-19(15(12)23)10-3-6-17-7-4-10)13-2-1-11-9-20(13)16(24)21(11)28-29(25,26)27/h10-13,17H,1-9H2,(H,18,22)(H,25,26,27)/t11-,12-,13+/m1/s1. The number of nitrogens with one attached hydrogen (secondary N) is 2. The molecule has 4 aliphatic rings. The van der Waals surface area contributed by atoms with Gasteiger partial charge in [-0.05, 0) is 45.2 Å². The molecule has 0 aromatic carbocycles. The maximum atomic E-state index is 12.8. The van der Waals surface area contributed by atoms with Gasteiger partial charge in [0.2, 0.25) is 11.8 Å². The van der Waals surface area contributed by atoms with Gasteiger partial charge >= 0.3 is 16.4 Å². The lowest BCUT2D eigenvalue weighted by molar-refractivity contribution is -0.135. The number of carbonyl (C=O) groups is 3. The second-order valence-electron chi connectivity index (χ2n) is 7.87. The first kappa shape index (κ1) is 20.3. The van der Waals surface area contributed by atoms with Crippen LogP contribution in [0.2, 0.25) is 0 Å². The van der Waals surface area contributed by atoms with Gasteiger partial charge < -0.3 is 20.4 Å². The monoisotopic (exact) mass is 431 g/mol. The van der Waals surface area contributed by atoms with Gasteiger partial charge in [0.05, 0.1) is 6.04 Å². The number of fused-ring (bicyclic) bond motifs is 2. The zero-order valence-corrected chi connectivity index (χ0v) is 16.6. The Labute approximate surface area is 168 Å². The number of amides is 4. The van der Waals surface area contributed by atoms with Crippen LogP contribution < -0.4 is 10.6 Å². The van der Waals surface area contributed by atoms with E-state index in [1.807, 2.05) is 4.90 Å². The Morgan fingerprint density at radius 3 is 2.48 bits per heavy atom. The largest absolute Gasteiger partial charge is 0.418 e. The van der Waals surface area contributed by atoms with Gasteiger partial charge in [-0.15, -0.1) is 4.28 Å². The average molecular weight is 431 g/mol. The molecule has 2 bridgehead atoms. The van der Waals surface area contributed by atoms with Crippen molar-refractivity contribution in [2.45, 2.75) is 56.3 Å². The van der Waals surface area contributed by atoms with E-state index in [2.05, 4.69) is 14.9 Å². The molecule has 0 spiro atoms. The number of nitrogens with zero attached hydrogens (tertiary/aromatic N) is 3. The summed E-state index contributed by atoms with van der Waals surface area (Å²) in [6.07, 6.45) is 2.96. The molecule has 4 rings (SSSR count). The van der Waals surface area contributed by atoms with Crippen LogP contribution in [0.1, 0.15) is 32.1 Å². The lowest BCUT2D eigenvalue weighted by atomic mass is 10.00. The topological polar surface area (TPSA) is 149 Å². The summed E-state index contributed by atoms with van der Waals surface area (Å²) in [5.74, 6) is -0.529. The summed E-state index contributed by atoms with van der Waals surface area (Å²) >= 11 is 0. The zero-order chi connectivity index (χ0) is 20.8. The van der Waals surface area contributed by atoms with E-state index in [9.17, 15) is 22.8 Å². The molecular formula is C16H25N5O7S. The van der Waals surface area contributed by atoms with Crippen molar-refractivity contribution >= 4 is 28.2 Å². The van der Waals surface area contributed by atoms with E-state index in [0.29, 0.717) is 30.9 Å². The lowest BCUT2D eigenvalue weighted by Crippen LogP contribution is -2.54. The summed E-state index contributed by atoms with van der Waals surface area (Å²) < 4.78 is 35.1. The van der Waals surface area contributed by atoms with Gasteiger partial charge in [-0.2, -0.15) is 13.5 Å². The number of hydrogen-bond donors (Lipinski definition) is 3. The number of likely N-dealkylation sites (tertiary alicyclic amines) is 1. The fourth-order valence-electron chi connectivity index (χ4n) is 4.69. The van der Waals surface area contributed by atoms with Crippen LogP contribution >= 0.6 is 0 Å². The van der Waals surface area contributed by atoms with E-state index < -0.39 is 40.5 Å². The van der Waals surface area contributed by atoms with Gasteiger partial charge in [0.25, 0.3) is 0 Å². The van der Waals surface area contributed by atoms with E-state index in [0.717, 1.165) is 25.9 Å². The molecule has 12 nitrogen and oxygen atoms in total. The number of carbonyl (C=O) groups excluding carboxylic acids is 3. The summed E-state index contributed by atoms with van der Waals surface area (Å²) in [5, 5.41) is 6.63. The van der Waals surface area contributed by atoms with Gasteiger partial charge in [-0.3, -0.25) is 14.1 Å². The minimum Gasteiger partial charge on any atom is -0.342 e. The summed E-state index contributed by atoms with van der Waals surface area (Å²) in [6, 6.07) is -2.59. The first-order chi connectivity index (χ1) is 13.7. The average Bonchev–Trinajstić information content (AvgIpc) is 3.15. The third kappa shape index (κ3) is 4.04. The quantitative estimate of drug-likeness (QED) is 0.444. The third-order valence-electron chi connectivity index (χ3n) is 6.11. The minimum absolute atomic E-state index is 0.0944. The molecule has 0 unspecified atom stereocenters. The predicted molar refractivity (Wildman–Crippen MR) is 97.5 cm³/mol. The molecule has 29 heavy (non-hydrogen) atoms. The maximum absolute atomic E-state index is 12.8. The van der Waals surface area contributed by atoms with E-state index in [1.165, 1.54) is 4.90 Å². The van der Waals surface area contributed by atoms with Crippen molar-refractivity contribution in [2.24, 2.45) is 0 Å². The van der Waals surface area contributed by atoms with Crippen LogP contribution in [0.3, 0.4) is 0 Å². The first-order valence-corrected chi connectivity index (χ1v) is 11.2. The Bertz CT molecular complexity index is 799. The van der Waals surface area contributed by atoms with Crippen molar-refractivity contribution < 1.29 is 31.6 Å². The van der Waals surface area contributed by atoms with E-state index in [4.69, 9.17) is 4.55 Å². The molecule has 4 saturated heterocycles. The van der Waals surface area contributed by atoms with Crippen molar-refractivity contribution in [2.75, 3.05) is 26.2 Å². The summed E-state index contributed by atoms with van der Waals surface area (Å²) in [6.45, 7) is 2.45. The smallest absolute Gasteiger partial charge is 0.342 e. The highest BCUT2D eigenvalue weighted by atomic mass is 32.3. The lowest BCUT2D eigenvalue weighted by Gasteiger charge is -2.32. The number of rotatable bonds is 5. The van der Waals surface area contributed by atoms with Gasteiger partial charge in [-0.1, -0.05) is 0 Å². The number of hydrogen-bond acceptors (Lipinski definition) is 7. The molecule has 162 valence electrons. The van der Waals surface area contributed by atoms with Gasteiger partial charge in [0.1, 0.15) is 12.1 Å². The second-order valence-corrected chi connectivity index (χ2v) is 8.88. The maximum Gasteiger partial charge on any atom is 0.418 e. The van der Waals surface area contributed by atoms with Crippen LogP contribution in [0, 0.1) is 0 Å². The molecule has 4 fully saturated rings. The van der Waals surface area contributed by atoms with Crippen molar-refractivity contribution in [3.05, 3.63) is 0 Å². The first-order valence-electron chi connectivity index (χ1n) is 9.83. The molecular weight excluding hydrogens is 406 g/mol. The summed E-state index contributed by atoms with van der Waals surface area (Å²) in [7, 11) is -4.84. The van der Waals surface area contributed by atoms with Gasteiger partial charge in [-0.25, -0.2) is 4.79 Å². The number of hydroxylamine groups is 2. The summed E-state index contributed by atoms with van der Waals surface area (Å²) in [5.41, 5.74) is 0. The molecule has 13 heteroatoms. The molecule has 4 amide bonds. The van der Waals surface area contributed by atoms with Crippen LogP contribution in [0.15, 0.2) is 0 Å². The van der Waals surface area contributed by atoms with E-state index >= 15 is 0 Å². The normalized spacial score (nSPS) is 30.9. The minimum atomic E-state index is -4.84. The fraction of sp³-hybridized carbons (Fsp3) is 0.812. The Hall–Kier alpha value is -1.96. The van der Waals surface area contributed by atoms with Crippen molar-refractivity contribution in [3.8, 4) is 0 Å². The zero-order valence-electron chi connectivity index (χ0n) is 15.8. The van der Waals surface area contributed by atoms with Crippen LogP contribution in [0.25, 0.3) is 0 Å². The van der Waals surface area contributed by atoms with E-state index in [1.54, 1.807) is 0 Å². The fourth-order valence-corrected chi connectivity index (χ4v) is 5.08. The summed E-state index contributed by atoms with van der Waals surface area (Å²) in [4.78, 5) is 41.0. The highest BCUT2D eigenvalue weighted by molar-refractivity contribution is 7.80. The van der Waals surface area contributed by atoms with E-state index in [-0.39, 0.29) is 18.5 Å². The third-order valence-corrected chi connectivity index (χ3v) is 6.45. The van der Waals surface area contributed by atoms with Crippen molar-refractivity contribution in [1.82, 2.24) is 25.5 Å². The van der Waals surface area contributed by atoms with Crippen LogP contribution in [0.4, 0.5) is 4.79 Å². The molecule has 3 atom stereocenters. The van der Waals surface area contributed by atoms with Crippen LogP contribution in [-0.4, -0.2) is 96.0 Å². The molecule has 0 radical (unpaired) electrons. The molecule has 3 N–H and O–H groups in total. The Kier molecular flexibility index (Phi) is 5.40. The van der Waals surface area contributed by atoms with Crippen LogP contribution in [-0.2, 0) is 24.3 Å². The second kappa shape index (κ2) is 7.70. The Balaban J connectivity index is 1.37. The number of piperidine rings is 2. The highest BCUT2D eigenvalue weighted by Crippen LogP contribution is 2.31. The molecule has 0 saturated carbocycles. The van der Waals surface area contributed by atoms with Crippen molar-refractivity contribution in [1.29, 1.82) is 0 Å². The van der Waals surface area contributed by atoms with Gasteiger partial charge in [0, 0.05) is 19.1 Å².